The Kier molecular flexibility index (Phi) is 5.87. The van der Waals surface area contributed by atoms with Crippen molar-refractivity contribution in [2.75, 3.05) is 7.11 Å². The highest BCUT2D eigenvalue weighted by Crippen LogP contribution is 2.25. The van der Waals surface area contributed by atoms with Gasteiger partial charge in [-0.1, -0.05) is 66.7 Å². The number of methoxy groups -OCH3 is 1. The lowest BCUT2D eigenvalue weighted by molar-refractivity contribution is 0.414. The van der Waals surface area contributed by atoms with Crippen LogP contribution in [-0.2, 0) is 6.54 Å². The number of rotatable bonds is 6. The summed E-state index contributed by atoms with van der Waals surface area (Å²) in [6, 6.07) is 33.7. The third kappa shape index (κ3) is 4.32. The molecule has 37 heavy (non-hydrogen) atoms. The standard InChI is InChI=1S/C32H25N3O2/c1-37-26-13-9-12-25(20-26)35-31(33-29-16-7-5-15-28(29)32(35)36)19-18-24-22-34(21-23-10-3-2-4-11-23)30-17-8-6-14-27(24)30/h2-20,22H,21H2,1H3/b19-18-. The number of fused-ring (bicyclic) bond motifs is 2. The van der Waals surface area contributed by atoms with E-state index in [9.17, 15) is 4.79 Å². The molecule has 0 amide bonds. The smallest absolute Gasteiger partial charge is 0.266 e. The molecule has 0 radical (unpaired) electrons. The normalized spacial score (nSPS) is 11.5. The molecule has 6 rings (SSSR count). The Balaban J connectivity index is 1.50. The molecule has 0 fully saturated rings. The zero-order valence-electron chi connectivity index (χ0n) is 20.4. The van der Waals surface area contributed by atoms with Crippen LogP contribution in [0, 0.1) is 0 Å². The van der Waals surface area contributed by atoms with E-state index in [1.807, 2.05) is 72.8 Å². The molecule has 0 aliphatic heterocycles. The summed E-state index contributed by atoms with van der Waals surface area (Å²) in [5, 5.41) is 1.72. The van der Waals surface area contributed by atoms with Crippen LogP contribution in [0.2, 0.25) is 0 Å². The fourth-order valence-corrected chi connectivity index (χ4v) is 4.74. The summed E-state index contributed by atoms with van der Waals surface area (Å²) < 4.78 is 9.32. The minimum atomic E-state index is -0.120. The van der Waals surface area contributed by atoms with Crippen LogP contribution >= 0.6 is 0 Å². The Morgan fingerprint density at radius 2 is 1.57 bits per heavy atom. The van der Waals surface area contributed by atoms with E-state index in [0.29, 0.717) is 28.2 Å². The molecule has 0 aliphatic rings. The van der Waals surface area contributed by atoms with Crippen LogP contribution in [0.3, 0.4) is 0 Å². The summed E-state index contributed by atoms with van der Waals surface area (Å²) in [6.45, 7) is 0.776. The molecule has 6 aromatic rings. The summed E-state index contributed by atoms with van der Waals surface area (Å²) in [5.41, 5.74) is 4.70. The van der Waals surface area contributed by atoms with Crippen LogP contribution in [0.1, 0.15) is 17.0 Å². The summed E-state index contributed by atoms with van der Waals surface area (Å²) in [6.07, 6.45) is 6.11. The summed E-state index contributed by atoms with van der Waals surface area (Å²) >= 11 is 0. The number of para-hydroxylation sites is 2. The minimum absolute atomic E-state index is 0.120. The predicted octanol–water partition coefficient (Wildman–Crippen LogP) is 6.57. The van der Waals surface area contributed by atoms with E-state index in [0.717, 1.165) is 23.0 Å². The fourth-order valence-electron chi connectivity index (χ4n) is 4.74. The van der Waals surface area contributed by atoms with Gasteiger partial charge in [0.1, 0.15) is 11.6 Å². The third-order valence-electron chi connectivity index (χ3n) is 6.54. The molecule has 0 saturated carbocycles. The van der Waals surface area contributed by atoms with Gasteiger partial charge in [-0.25, -0.2) is 4.98 Å². The summed E-state index contributed by atoms with van der Waals surface area (Å²) in [7, 11) is 1.62. The molecule has 0 bridgehead atoms. The largest absolute Gasteiger partial charge is 0.497 e. The molecule has 0 atom stereocenters. The van der Waals surface area contributed by atoms with Gasteiger partial charge in [0.15, 0.2) is 0 Å². The van der Waals surface area contributed by atoms with Crippen LogP contribution in [0.15, 0.2) is 114 Å². The van der Waals surface area contributed by atoms with Gasteiger partial charge in [-0.3, -0.25) is 9.36 Å². The van der Waals surface area contributed by atoms with Crippen molar-refractivity contribution in [3.05, 3.63) is 137 Å². The lowest BCUT2D eigenvalue weighted by Crippen LogP contribution is -2.22. The quantitative estimate of drug-likeness (QED) is 0.269. The maximum atomic E-state index is 13.6. The SMILES string of the molecule is COc1cccc(-n2c(/C=C\c3cn(Cc4ccccc4)c4ccccc34)nc3ccccc3c2=O)c1. The van der Waals surface area contributed by atoms with Gasteiger partial charge in [0.05, 0.1) is 23.7 Å². The van der Waals surface area contributed by atoms with Crippen LogP contribution in [0.4, 0.5) is 0 Å². The van der Waals surface area contributed by atoms with E-state index in [-0.39, 0.29) is 5.56 Å². The van der Waals surface area contributed by atoms with Crippen molar-refractivity contribution in [3.8, 4) is 11.4 Å². The van der Waals surface area contributed by atoms with Crippen molar-refractivity contribution in [3.63, 3.8) is 0 Å². The van der Waals surface area contributed by atoms with Crippen molar-refractivity contribution in [1.29, 1.82) is 0 Å². The van der Waals surface area contributed by atoms with Crippen LogP contribution in [0.5, 0.6) is 5.75 Å². The minimum Gasteiger partial charge on any atom is -0.497 e. The van der Waals surface area contributed by atoms with Crippen molar-refractivity contribution >= 4 is 34.0 Å². The van der Waals surface area contributed by atoms with Gasteiger partial charge >= 0.3 is 0 Å². The molecule has 180 valence electrons. The summed E-state index contributed by atoms with van der Waals surface area (Å²) in [4.78, 5) is 18.5. The first-order valence-electron chi connectivity index (χ1n) is 12.2. The predicted molar refractivity (Wildman–Crippen MR) is 150 cm³/mol. The fraction of sp³-hybridized carbons (Fsp3) is 0.0625. The Bertz CT molecular complexity index is 1810. The molecule has 4 aromatic carbocycles. The average molecular weight is 484 g/mol. The molecule has 2 aromatic heterocycles. The summed E-state index contributed by atoms with van der Waals surface area (Å²) in [5.74, 6) is 1.23. The second-order valence-corrected chi connectivity index (χ2v) is 8.88. The topological polar surface area (TPSA) is 49.0 Å². The van der Waals surface area contributed by atoms with Crippen LogP contribution in [0.25, 0.3) is 39.6 Å². The second-order valence-electron chi connectivity index (χ2n) is 8.88. The maximum Gasteiger partial charge on any atom is 0.266 e. The first-order valence-corrected chi connectivity index (χ1v) is 12.2. The number of aromatic nitrogens is 3. The highest BCUT2D eigenvalue weighted by Gasteiger charge is 2.13. The Hall–Kier alpha value is -4.90. The monoisotopic (exact) mass is 483 g/mol. The number of benzene rings is 4. The zero-order chi connectivity index (χ0) is 25.2. The molecule has 0 saturated heterocycles. The van der Waals surface area contributed by atoms with Gasteiger partial charge in [0.2, 0.25) is 0 Å². The lowest BCUT2D eigenvalue weighted by atomic mass is 10.1. The van der Waals surface area contributed by atoms with Gasteiger partial charge in [-0.05, 0) is 48.0 Å². The van der Waals surface area contributed by atoms with E-state index in [1.165, 1.54) is 5.56 Å². The van der Waals surface area contributed by atoms with Gasteiger partial charge in [0, 0.05) is 35.3 Å². The molecule has 0 spiro atoms. The zero-order valence-corrected chi connectivity index (χ0v) is 20.4. The molecular formula is C32H25N3O2. The van der Waals surface area contributed by atoms with Gasteiger partial charge in [0.25, 0.3) is 5.56 Å². The van der Waals surface area contributed by atoms with Crippen LogP contribution < -0.4 is 10.3 Å². The maximum absolute atomic E-state index is 13.6. The second kappa shape index (κ2) is 9.63. The van der Waals surface area contributed by atoms with Crippen molar-refractivity contribution in [2.45, 2.75) is 6.54 Å². The highest BCUT2D eigenvalue weighted by atomic mass is 16.5. The Morgan fingerprint density at radius 1 is 0.811 bits per heavy atom. The molecule has 0 N–H and O–H groups in total. The van der Waals surface area contributed by atoms with E-state index in [2.05, 4.69) is 53.2 Å². The third-order valence-corrected chi connectivity index (χ3v) is 6.54. The highest BCUT2D eigenvalue weighted by molar-refractivity contribution is 5.92. The first kappa shape index (κ1) is 22.6. The van der Waals surface area contributed by atoms with Crippen molar-refractivity contribution in [2.24, 2.45) is 0 Å². The number of ether oxygens (including phenoxy) is 1. The molecule has 5 heteroatoms. The van der Waals surface area contributed by atoms with Crippen molar-refractivity contribution < 1.29 is 4.74 Å². The van der Waals surface area contributed by atoms with Gasteiger partial charge in [-0.15, -0.1) is 0 Å². The van der Waals surface area contributed by atoms with E-state index < -0.39 is 0 Å². The molecule has 5 nitrogen and oxygen atoms in total. The van der Waals surface area contributed by atoms with Gasteiger partial charge in [-0.2, -0.15) is 0 Å². The van der Waals surface area contributed by atoms with Crippen LogP contribution in [-0.4, -0.2) is 21.2 Å². The average Bonchev–Trinajstić information content (AvgIpc) is 3.29. The first-order chi connectivity index (χ1) is 18.2. The molecule has 2 heterocycles. The molecular weight excluding hydrogens is 458 g/mol. The Morgan fingerprint density at radius 3 is 2.41 bits per heavy atom. The molecule has 0 aliphatic carbocycles. The Labute approximate surface area is 214 Å². The number of hydrogen-bond donors (Lipinski definition) is 0. The van der Waals surface area contributed by atoms with E-state index in [1.54, 1.807) is 11.7 Å². The number of hydrogen-bond acceptors (Lipinski definition) is 3. The van der Waals surface area contributed by atoms with Crippen molar-refractivity contribution in [1.82, 2.24) is 14.1 Å². The molecule has 0 unspecified atom stereocenters. The van der Waals surface area contributed by atoms with E-state index in [4.69, 9.17) is 9.72 Å². The number of nitrogens with zero attached hydrogens (tertiary/aromatic N) is 3. The lowest BCUT2D eigenvalue weighted by Gasteiger charge is -2.12. The van der Waals surface area contributed by atoms with Gasteiger partial charge < -0.3 is 9.30 Å². The van der Waals surface area contributed by atoms with E-state index >= 15 is 0 Å².